The predicted octanol–water partition coefficient (Wildman–Crippen LogP) is 2.45. The van der Waals surface area contributed by atoms with E-state index in [1.807, 2.05) is 0 Å². The molecular formula is C21H22N4O6. The van der Waals surface area contributed by atoms with Crippen molar-refractivity contribution in [2.24, 2.45) is 10.8 Å². The number of azide groups is 1. The molecule has 1 fully saturated rings. The Balaban J connectivity index is 1.90. The molecule has 0 bridgehead atoms. The van der Waals surface area contributed by atoms with Crippen molar-refractivity contribution >= 4 is 11.9 Å². The third-order valence-corrected chi connectivity index (χ3v) is 4.76. The SMILES string of the molecule is CO[C@@H]1O[C@H](CN=[N+]=[N-])[C@@H](OC(=O)c2ccccc2)[C@H](OC(=O)c2ccccc2)[C@H]1N. The molecule has 10 heteroatoms. The van der Waals surface area contributed by atoms with E-state index in [0.29, 0.717) is 11.1 Å². The summed E-state index contributed by atoms with van der Waals surface area (Å²) in [5.41, 5.74) is 15.6. The second-order valence-electron chi connectivity index (χ2n) is 6.74. The Hall–Kier alpha value is -3.43. The van der Waals surface area contributed by atoms with Crippen LogP contribution in [0.2, 0.25) is 0 Å². The first-order valence-corrected chi connectivity index (χ1v) is 9.52. The topological polar surface area (TPSA) is 146 Å². The number of rotatable bonds is 7. The first kappa shape index (κ1) is 22.3. The van der Waals surface area contributed by atoms with Crippen molar-refractivity contribution in [3.05, 3.63) is 82.2 Å². The minimum atomic E-state index is -1.13. The van der Waals surface area contributed by atoms with Gasteiger partial charge in [0.05, 0.1) is 23.7 Å². The number of methoxy groups -OCH3 is 1. The van der Waals surface area contributed by atoms with Gasteiger partial charge < -0.3 is 24.7 Å². The third kappa shape index (κ3) is 5.39. The van der Waals surface area contributed by atoms with E-state index >= 15 is 0 Å². The van der Waals surface area contributed by atoms with E-state index in [9.17, 15) is 9.59 Å². The van der Waals surface area contributed by atoms with Gasteiger partial charge in [0.25, 0.3) is 0 Å². The molecule has 0 saturated carbocycles. The van der Waals surface area contributed by atoms with E-state index in [1.54, 1.807) is 60.7 Å². The van der Waals surface area contributed by atoms with Crippen LogP contribution in [0.25, 0.3) is 10.4 Å². The van der Waals surface area contributed by atoms with Crippen LogP contribution in [-0.2, 0) is 18.9 Å². The normalized spacial score (nSPS) is 25.2. The highest BCUT2D eigenvalue weighted by Crippen LogP contribution is 2.27. The highest BCUT2D eigenvalue weighted by Gasteiger charge is 2.49. The maximum atomic E-state index is 12.7. The zero-order chi connectivity index (χ0) is 22.2. The fraction of sp³-hybridized carbons (Fsp3) is 0.333. The Morgan fingerprint density at radius 1 is 1.00 bits per heavy atom. The van der Waals surface area contributed by atoms with Crippen molar-refractivity contribution in [1.82, 2.24) is 0 Å². The van der Waals surface area contributed by atoms with Crippen LogP contribution in [0.4, 0.5) is 0 Å². The quantitative estimate of drug-likeness (QED) is 0.310. The van der Waals surface area contributed by atoms with E-state index in [2.05, 4.69) is 10.0 Å². The molecule has 5 atom stereocenters. The number of carbonyl (C=O) groups excluding carboxylic acids is 2. The molecule has 1 aliphatic rings. The molecule has 2 N–H and O–H groups in total. The zero-order valence-electron chi connectivity index (χ0n) is 16.7. The lowest BCUT2D eigenvalue weighted by atomic mass is 9.96. The van der Waals surface area contributed by atoms with Crippen molar-refractivity contribution < 1.29 is 28.5 Å². The highest BCUT2D eigenvalue weighted by atomic mass is 16.7. The van der Waals surface area contributed by atoms with E-state index in [4.69, 9.17) is 30.2 Å². The molecular weight excluding hydrogens is 404 g/mol. The maximum absolute atomic E-state index is 12.7. The number of hydrogen-bond donors (Lipinski definition) is 1. The Bertz CT molecular complexity index is 935. The summed E-state index contributed by atoms with van der Waals surface area (Å²) < 4.78 is 22.3. The van der Waals surface area contributed by atoms with E-state index in [-0.39, 0.29) is 6.54 Å². The van der Waals surface area contributed by atoms with Crippen molar-refractivity contribution in [3.63, 3.8) is 0 Å². The van der Waals surface area contributed by atoms with Gasteiger partial charge in [0, 0.05) is 12.0 Å². The van der Waals surface area contributed by atoms with Gasteiger partial charge in [-0.1, -0.05) is 41.5 Å². The summed E-state index contributed by atoms with van der Waals surface area (Å²) in [6, 6.07) is 15.6. The predicted molar refractivity (Wildman–Crippen MR) is 109 cm³/mol. The Labute approximate surface area is 178 Å². The first-order valence-electron chi connectivity index (χ1n) is 9.52. The second-order valence-corrected chi connectivity index (χ2v) is 6.74. The molecule has 0 radical (unpaired) electrons. The van der Waals surface area contributed by atoms with Gasteiger partial charge in [0.2, 0.25) is 0 Å². The largest absolute Gasteiger partial charge is 0.453 e. The number of ether oxygens (including phenoxy) is 4. The van der Waals surface area contributed by atoms with Crippen LogP contribution in [0.3, 0.4) is 0 Å². The number of esters is 2. The Morgan fingerprint density at radius 3 is 2.00 bits per heavy atom. The molecule has 0 unspecified atom stereocenters. The Kier molecular flexibility index (Phi) is 7.58. The van der Waals surface area contributed by atoms with Crippen LogP contribution in [0.5, 0.6) is 0 Å². The van der Waals surface area contributed by atoms with Crippen LogP contribution >= 0.6 is 0 Å². The molecule has 2 aromatic rings. The average Bonchev–Trinajstić information content (AvgIpc) is 2.81. The molecule has 1 heterocycles. The number of nitrogens with two attached hydrogens (primary N) is 1. The lowest BCUT2D eigenvalue weighted by molar-refractivity contribution is -0.248. The van der Waals surface area contributed by atoms with Crippen molar-refractivity contribution in [2.75, 3.05) is 13.7 Å². The van der Waals surface area contributed by atoms with Crippen LogP contribution < -0.4 is 5.73 Å². The van der Waals surface area contributed by atoms with Gasteiger partial charge in [-0.2, -0.15) is 0 Å². The molecule has 3 rings (SSSR count). The highest BCUT2D eigenvalue weighted by molar-refractivity contribution is 5.90. The summed E-state index contributed by atoms with van der Waals surface area (Å²) in [5.74, 6) is -1.31. The first-order chi connectivity index (χ1) is 15.0. The summed E-state index contributed by atoms with van der Waals surface area (Å²) in [5, 5.41) is 3.52. The van der Waals surface area contributed by atoms with E-state index in [1.165, 1.54) is 7.11 Å². The maximum Gasteiger partial charge on any atom is 0.338 e. The van der Waals surface area contributed by atoms with Gasteiger partial charge in [-0.25, -0.2) is 9.59 Å². The summed E-state index contributed by atoms with van der Waals surface area (Å²) in [7, 11) is 1.38. The zero-order valence-corrected chi connectivity index (χ0v) is 16.7. The fourth-order valence-corrected chi connectivity index (χ4v) is 3.22. The molecule has 0 amide bonds. The summed E-state index contributed by atoms with van der Waals surface area (Å²) >= 11 is 0. The summed E-state index contributed by atoms with van der Waals surface area (Å²) in [4.78, 5) is 28.1. The molecule has 0 spiro atoms. The third-order valence-electron chi connectivity index (χ3n) is 4.76. The number of hydrogen-bond acceptors (Lipinski definition) is 8. The minimum absolute atomic E-state index is 0.185. The lowest BCUT2D eigenvalue weighted by Crippen LogP contribution is -2.64. The molecule has 2 aromatic carbocycles. The van der Waals surface area contributed by atoms with Gasteiger partial charge in [0.15, 0.2) is 18.5 Å². The van der Waals surface area contributed by atoms with Crippen LogP contribution in [-0.4, -0.2) is 56.2 Å². The summed E-state index contributed by atoms with van der Waals surface area (Å²) in [6.07, 6.45) is -4.16. The monoisotopic (exact) mass is 426 g/mol. The molecule has 162 valence electrons. The van der Waals surface area contributed by atoms with Crippen molar-refractivity contribution in [1.29, 1.82) is 0 Å². The molecule has 31 heavy (non-hydrogen) atoms. The fourth-order valence-electron chi connectivity index (χ4n) is 3.22. The second kappa shape index (κ2) is 10.6. The average molecular weight is 426 g/mol. The van der Waals surface area contributed by atoms with Gasteiger partial charge in [-0.05, 0) is 29.8 Å². The molecule has 10 nitrogen and oxygen atoms in total. The van der Waals surface area contributed by atoms with E-state index < -0.39 is 42.6 Å². The Morgan fingerprint density at radius 2 is 1.52 bits per heavy atom. The number of nitrogens with zero attached hydrogens (tertiary/aromatic N) is 3. The molecule has 1 saturated heterocycles. The van der Waals surface area contributed by atoms with Crippen molar-refractivity contribution in [3.8, 4) is 0 Å². The summed E-state index contributed by atoms with van der Waals surface area (Å²) in [6.45, 7) is -0.185. The van der Waals surface area contributed by atoms with Gasteiger partial charge in [-0.3, -0.25) is 0 Å². The lowest BCUT2D eigenvalue weighted by Gasteiger charge is -2.43. The molecule has 0 aliphatic carbocycles. The minimum Gasteiger partial charge on any atom is -0.453 e. The van der Waals surface area contributed by atoms with Crippen LogP contribution in [0.1, 0.15) is 20.7 Å². The number of benzene rings is 2. The van der Waals surface area contributed by atoms with Crippen molar-refractivity contribution in [2.45, 2.75) is 30.6 Å². The smallest absolute Gasteiger partial charge is 0.338 e. The van der Waals surface area contributed by atoms with Crippen LogP contribution in [0, 0.1) is 0 Å². The van der Waals surface area contributed by atoms with Gasteiger partial charge in [-0.15, -0.1) is 0 Å². The standard InChI is InChI=1S/C21H22N4O6/c1-28-21-16(22)18(31-20(27)14-10-6-3-7-11-14)17(15(29-21)12-24-25-23)30-19(26)13-8-4-2-5-9-13/h2-11,15-18,21H,12,22H2,1H3/t15-,16-,17-,18-,21-/m1/s1. The number of carbonyl (C=O) groups is 2. The van der Waals surface area contributed by atoms with Gasteiger partial charge in [0.1, 0.15) is 6.10 Å². The molecule has 0 aromatic heterocycles. The van der Waals surface area contributed by atoms with Gasteiger partial charge >= 0.3 is 11.9 Å². The van der Waals surface area contributed by atoms with E-state index in [0.717, 1.165) is 0 Å². The van der Waals surface area contributed by atoms with Crippen LogP contribution in [0.15, 0.2) is 65.8 Å². The molecule has 1 aliphatic heterocycles.